The summed E-state index contributed by atoms with van der Waals surface area (Å²) in [5.41, 5.74) is 1.35. The highest BCUT2D eigenvalue weighted by molar-refractivity contribution is 7.71. The van der Waals surface area contributed by atoms with Crippen LogP contribution >= 0.6 is 35.2 Å². The van der Waals surface area contributed by atoms with E-state index < -0.39 is 0 Å². The molecule has 0 saturated carbocycles. The molecule has 130 valence electrons. The van der Waals surface area contributed by atoms with Crippen molar-refractivity contribution in [1.29, 1.82) is 0 Å². The van der Waals surface area contributed by atoms with Gasteiger partial charge in [0.15, 0.2) is 10.4 Å². The maximum atomic E-state index is 12.9. The van der Waals surface area contributed by atoms with Crippen molar-refractivity contribution in [2.45, 2.75) is 6.92 Å². The second kappa shape index (κ2) is 6.31. The smallest absolute Gasteiger partial charge is 0.290 e. The molecule has 4 rings (SSSR count). The molecule has 4 aromatic rings. The molecule has 0 saturated heterocycles. The van der Waals surface area contributed by atoms with Crippen LogP contribution in [0.2, 0.25) is 5.02 Å². The molecule has 1 N–H and O–H groups in total. The van der Waals surface area contributed by atoms with Crippen molar-refractivity contribution in [2.24, 2.45) is 0 Å². The fraction of sp³-hybridized carbons (Fsp3) is 0.0588. The van der Waals surface area contributed by atoms with Crippen LogP contribution in [-0.2, 0) is 0 Å². The topological polar surface area (TPSA) is 72.7 Å². The molecular weight excluding hydrogens is 392 g/mol. The number of aromatic nitrogens is 4. The van der Waals surface area contributed by atoms with Crippen molar-refractivity contribution in [3.63, 3.8) is 0 Å². The first-order valence-corrected chi connectivity index (χ1v) is 9.22. The first-order chi connectivity index (χ1) is 12.5. The number of carbonyl (C=O) groups excluding carboxylic acids is 1. The molecule has 0 fully saturated rings. The SMILES string of the molecule is Cc1ccc(-n2c(=S)[nH]c3c(cnn3C(=O)c3cccs3)c2=O)cc1Cl. The van der Waals surface area contributed by atoms with Crippen molar-refractivity contribution in [3.8, 4) is 5.69 Å². The monoisotopic (exact) mass is 402 g/mol. The lowest BCUT2D eigenvalue weighted by atomic mass is 10.2. The van der Waals surface area contributed by atoms with Gasteiger partial charge in [-0.3, -0.25) is 14.2 Å². The number of halogens is 1. The van der Waals surface area contributed by atoms with E-state index in [-0.39, 0.29) is 27.3 Å². The quantitative estimate of drug-likeness (QED) is 0.515. The zero-order valence-corrected chi connectivity index (χ0v) is 15.8. The molecule has 0 amide bonds. The number of rotatable bonds is 2. The fourth-order valence-electron chi connectivity index (χ4n) is 2.61. The van der Waals surface area contributed by atoms with Crippen LogP contribution in [0.15, 0.2) is 46.7 Å². The largest absolute Gasteiger partial charge is 0.316 e. The number of benzene rings is 1. The van der Waals surface area contributed by atoms with E-state index >= 15 is 0 Å². The summed E-state index contributed by atoms with van der Waals surface area (Å²) in [4.78, 5) is 29.0. The Morgan fingerprint density at radius 2 is 2.15 bits per heavy atom. The van der Waals surface area contributed by atoms with Crippen molar-refractivity contribution in [1.82, 2.24) is 19.3 Å². The summed E-state index contributed by atoms with van der Waals surface area (Å²) < 4.78 is 2.65. The average Bonchev–Trinajstić information content (AvgIpc) is 3.27. The number of fused-ring (bicyclic) bond motifs is 1. The lowest BCUT2D eigenvalue weighted by Gasteiger charge is -2.08. The third kappa shape index (κ3) is 2.63. The average molecular weight is 403 g/mol. The van der Waals surface area contributed by atoms with E-state index in [2.05, 4.69) is 10.1 Å². The highest BCUT2D eigenvalue weighted by Crippen LogP contribution is 2.20. The molecule has 0 aliphatic heterocycles. The first kappa shape index (κ1) is 16.9. The van der Waals surface area contributed by atoms with Gasteiger partial charge in [-0.2, -0.15) is 9.78 Å². The van der Waals surface area contributed by atoms with Crippen molar-refractivity contribution in [3.05, 3.63) is 72.5 Å². The van der Waals surface area contributed by atoms with Gasteiger partial charge in [0.2, 0.25) is 0 Å². The van der Waals surface area contributed by atoms with Crippen molar-refractivity contribution < 1.29 is 4.79 Å². The highest BCUT2D eigenvalue weighted by atomic mass is 35.5. The van der Waals surface area contributed by atoms with Gasteiger partial charge in [-0.1, -0.05) is 23.7 Å². The van der Waals surface area contributed by atoms with Crippen LogP contribution in [0.1, 0.15) is 15.2 Å². The molecule has 1 aromatic carbocycles. The van der Waals surface area contributed by atoms with E-state index in [0.29, 0.717) is 15.6 Å². The van der Waals surface area contributed by atoms with Crippen LogP contribution in [0.25, 0.3) is 16.7 Å². The summed E-state index contributed by atoms with van der Waals surface area (Å²) in [6, 6.07) is 8.73. The maximum Gasteiger partial charge on any atom is 0.290 e. The molecular formula is C17H11ClN4O2S2. The van der Waals surface area contributed by atoms with Gasteiger partial charge in [0.05, 0.1) is 16.8 Å². The van der Waals surface area contributed by atoms with Gasteiger partial charge in [0.25, 0.3) is 11.5 Å². The van der Waals surface area contributed by atoms with Gasteiger partial charge in [0.1, 0.15) is 5.39 Å². The van der Waals surface area contributed by atoms with Crippen LogP contribution in [-0.4, -0.2) is 25.2 Å². The number of hydrogen-bond acceptors (Lipinski definition) is 5. The summed E-state index contributed by atoms with van der Waals surface area (Å²) in [6.45, 7) is 1.87. The second-order valence-corrected chi connectivity index (χ2v) is 7.35. The standard InChI is InChI=1S/C17H11ClN4O2S2/c1-9-4-5-10(7-12(9)18)21-15(23)11-8-19-22(14(11)20-17(21)25)16(24)13-3-2-6-26-13/h2-8H,1H3,(H,20,25). The van der Waals surface area contributed by atoms with Crippen molar-refractivity contribution >= 4 is 52.1 Å². The Morgan fingerprint density at radius 3 is 2.85 bits per heavy atom. The normalized spacial score (nSPS) is 11.2. The maximum absolute atomic E-state index is 12.9. The number of carbonyl (C=O) groups is 1. The molecule has 3 heterocycles. The Balaban J connectivity index is 1.94. The van der Waals surface area contributed by atoms with Crippen LogP contribution in [0.4, 0.5) is 0 Å². The molecule has 3 aromatic heterocycles. The zero-order chi connectivity index (χ0) is 18.4. The molecule has 0 radical (unpaired) electrons. The molecule has 0 bridgehead atoms. The van der Waals surface area contributed by atoms with E-state index in [0.717, 1.165) is 10.2 Å². The number of nitrogens with one attached hydrogen (secondary N) is 1. The minimum Gasteiger partial charge on any atom is -0.316 e. The fourth-order valence-corrected chi connectivity index (χ4v) is 3.72. The van der Waals surface area contributed by atoms with Crippen LogP contribution < -0.4 is 5.56 Å². The third-order valence-electron chi connectivity index (χ3n) is 3.97. The van der Waals surface area contributed by atoms with Crippen LogP contribution in [0, 0.1) is 11.7 Å². The van der Waals surface area contributed by atoms with Gasteiger partial charge in [-0.15, -0.1) is 11.3 Å². The lowest BCUT2D eigenvalue weighted by Crippen LogP contribution is -2.21. The zero-order valence-electron chi connectivity index (χ0n) is 13.4. The van der Waals surface area contributed by atoms with Gasteiger partial charge in [-0.25, -0.2) is 0 Å². The number of H-pyrrole nitrogens is 1. The number of aryl methyl sites for hydroxylation is 1. The Bertz CT molecular complexity index is 1270. The Labute approximate surface area is 161 Å². The molecule has 26 heavy (non-hydrogen) atoms. The number of thiophene rings is 1. The molecule has 0 unspecified atom stereocenters. The second-order valence-electron chi connectivity index (χ2n) is 5.61. The molecule has 0 spiro atoms. The minimum atomic E-state index is -0.367. The summed E-state index contributed by atoms with van der Waals surface area (Å²) in [7, 11) is 0. The van der Waals surface area contributed by atoms with E-state index in [1.165, 1.54) is 22.1 Å². The number of nitrogens with zero attached hydrogens (tertiary/aromatic N) is 3. The number of hydrogen-bond donors (Lipinski definition) is 1. The highest BCUT2D eigenvalue weighted by Gasteiger charge is 2.18. The summed E-state index contributed by atoms with van der Waals surface area (Å²) in [5.74, 6) is -0.323. The Morgan fingerprint density at radius 1 is 1.35 bits per heavy atom. The van der Waals surface area contributed by atoms with Gasteiger partial charge in [-0.05, 0) is 48.3 Å². The van der Waals surface area contributed by atoms with E-state index in [1.54, 1.807) is 29.6 Å². The molecule has 0 aliphatic rings. The van der Waals surface area contributed by atoms with E-state index in [9.17, 15) is 9.59 Å². The minimum absolute atomic E-state index is 0.156. The Hall–Kier alpha value is -2.55. The van der Waals surface area contributed by atoms with Gasteiger partial charge < -0.3 is 4.98 Å². The predicted octanol–water partition coefficient (Wildman–Crippen LogP) is 3.96. The van der Waals surface area contributed by atoms with Crippen LogP contribution in [0.5, 0.6) is 0 Å². The van der Waals surface area contributed by atoms with Gasteiger partial charge in [0, 0.05) is 5.02 Å². The van der Waals surface area contributed by atoms with E-state index in [1.807, 2.05) is 13.0 Å². The lowest BCUT2D eigenvalue weighted by molar-refractivity contribution is 0.0954. The van der Waals surface area contributed by atoms with Crippen LogP contribution in [0.3, 0.4) is 0 Å². The van der Waals surface area contributed by atoms with Crippen molar-refractivity contribution in [2.75, 3.05) is 0 Å². The predicted molar refractivity (Wildman–Crippen MR) is 104 cm³/mol. The summed E-state index contributed by atoms with van der Waals surface area (Å²) in [6.07, 6.45) is 1.36. The van der Waals surface area contributed by atoms with E-state index in [4.69, 9.17) is 23.8 Å². The molecule has 6 nitrogen and oxygen atoms in total. The Kier molecular flexibility index (Phi) is 4.10. The molecule has 0 atom stereocenters. The first-order valence-electron chi connectivity index (χ1n) is 7.55. The summed E-state index contributed by atoms with van der Waals surface area (Å²) in [5, 5.41) is 6.68. The third-order valence-corrected chi connectivity index (χ3v) is 5.52. The molecule has 9 heteroatoms. The summed E-state index contributed by atoms with van der Waals surface area (Å²) >= 11 is 12.8. The molecule has 0 aliphatic carbocycles. The van der Waals surface area contributed by atoms with Gasteiger partial charge >= 0.3 is 0 Å². The number of aromatic amines is 1.